The van der Waals surface area contributed by atoms with Crippen molar-refractivity contribution in [2.24, 2.45) is 0 Å². The van der Waals surface area contributed by atoms with Crippen LogP contribution in [0.2, 0.25) is 5.02 Å². The van der Waals surface area contributed by atoms with Crippen LogP contribution in [-0.4, -0.2) is 6.10 Å². The van der Waals surface area contributed by atoms with E-state index in [1.54, 1.807) is 0 Å². The Hall–Kier alpha value is -1.74. The number of halogens is 2. The summed E-state index contributed by atoms with van der Waals surface area (Å²) in [6.07, 6.45) is 0.111. The highest BCUT2D eigenvalue weighted by Gasteiger charge is 2.09. The van der Waals surface area contributed by atoms with Gasteiger partial charge in [0.25, 0.3) is 0 Å². The van der Waals surface area contributed by atoms with E-state index < -0.39 is 5.82 Å². The highest BCUT2D eigenvalue weighted by molar-refractivity contribution is 6.33. The maximum atomic E-state index is 13.4. The first-order chi connectivity index (χ1) is 8.97. The van der Waals surface area contributed by atoms with Gasteiger partial charge in [0.2, 0.25) is 0 Å². The molecule has 0 aliphatic rings. The van der Waals surface area contributed by atoms with Crippen LogP contribution in [0.5, 0.6) is 5.75 Å². The van der Waals surface area contributed by atoms with Gasteiger partial charge in [-0.15, -0.1) is 0 Å². The number of nitrogens with two attached hydrogens (primary N) is 1. The molecule has 0 fully saturated rings. The zero-order valence-corrected chi connectivity index (χ0v) is 11.5. The highest BCUT2D eigenvalue weighted by Crippen LogP contribution is 2.33. The Morgan fingerprint density at radius 3 is 2.37 bits per heavy atom. The number of nitrogen functional groups attached to an aromatic ring is 1. The van der Waals surface area contributed by atoms with Crippen molar-refractivity contribution in [2.75, 3.05) is 5.73 Å². The van der Waals surface area contributed by atoms with Crippen molar-refractivity contribution >= 4 is 17.3 Å². The zero-order chi connectivity index (χ0) is 14.0. The highest BCUT2D eigenvalue weighted by atomic mass is 35.5. The summed E-state index contributed by atoms with van der Waals surface area (Å²) in [5.74, 6) is 0.358. The SMILES string of the molecule is CC(C)Oc1ccc(-c2cc(F)cc(Cl)c2N)cc1. The Kier molecular flexibility index (Phi) is 3.96. The average Bonchev–Trinajstić information content (AvgIpc) is 2.34. The Labute approximate surface area is 117 Å². The van der Waals surface area contributed by atoms with Crippen LogP contribution in [0.25, 0.3) is 11.1 Å². The minimum absolute atomic E-state index is 0.111. The number of hydrogen-bond acceptors (Lipinski definition) is 2. The summed E-state index contributed by atoms with van der Waals surface area (Å²) in [4.78, 5) is 0. The van der Waals surface area contributed by atoms with Gasteiger partial charge in [0.05, 0.1) is 16.8 Å². The molecule has 2 aromatic carbocycles. The van der Waals surface area contributed by atoms with Gasteiger partial charge in [0.15, 0.2) is 0 Å². The molecule has 0 spiro atoms. The molecule has 0 aromatic heterocycles. The minimum atomic E-state index is -0.406. The lowest BCUT2D eigenvalue weighted by Crippen LogP contribution is -2.05. The van der Waals surface area contributed by atoms with Crippen molar-refractivity contribution in [2.45, 2.75) is 20.0 Å². The van der Waals surface area contributed by atoms with Gasteiger partial charge in [-0.2, -0.15) is 0 Å². The van der Waals surface area contributed by atoms with Crippen LogP contribution >= 0.6 is 11.6 Å². The second-order valence-electron chi connectivity index (χ2n) is 4.54. The molecule has 19 heavy (non-hydrogen) atoms. The van der Waals surface area contributed by atoms with E-state index in [1.165, 1.54) is 12.1 Å². The number of benzene rings is 2. The fourth-order valence-corrected chi connectivity index (χ4v) is 2.01. The third-order valence-corrected chi connectivity index (χ3v) is 2.94. The maximum absolute atomic E-state index is 13.4. The third kappa shape index (κ3) is 3.18. The number of anilines is 1. The summed E-state index contributed by atoms with van der Waals surface area (Å²) in [6, 6.07) is 9.90. The maximum Gasteiger partial charge on any atom is 0.125 e. The normalized spacial score (nSPS) is 10.8. The van der Waals surface area contributed by atoms with Crippen molar-refractivity contribution in [3.63, 3.8) is 0 Å². The lowest BCUT2D eigenvalue weighted by molar-refractivity contribution is 0.242. The van der Waals surface area contributed by atoms with Crippen LogP contribution in [0.4, 0.5) is 10.1 Å². The van der Waals surface area contributed by atoms with Crippen LogP contribution in [0.15, 0.2) is 36.4 Å². The molecule has 0 amide bonds. The predicted octanol–water partition coefficient (Wildman–Crippen LogP) is 4.52. The van der Waals surface area contributed by atoms with E-state index in [4.69, 9.17) is 22.1 Å². The molecule has 0 saturated carbocycles. The molecule has 0 atom stereocenters. The van der Waals surface area contributed by atoms with E-state index in [0.29, 0.717) is 11.3 Å². The van der Waals surface area contributed by atoms with Crippen molar-refractivity contribution in [1.82, 2.24) is 0 Å². The smallest absolute Gasteiger partial charge is 0.125 e. The molecule has 0 radical (unpaired) electrons. The van der Waals surface area contributed by atoms with Gasteiger partial charge in [-0.05, 0) is 43.7 Å². The molecule has 4 heteroatoms. The molecular weight excluding hydrogens is 265 g/mol. The Balaban J connectivity index is 2.37. The fourth-order valence-electron chi connectivity index (χ4n) is 1.81. The van der Waals surface area contributed by atoms with Crippen LogP contribution in [0.1, 0.15) is 13.8 Å². The van der Waals surface area contributed by atoms with Crippen LogP contribution in [0, 0.1) is 5.82 Å². The van der Waals surface area contributed by atoms with Crippen molar-refractivity contribution in [3.8, 4) is 16.9 Å². The van der Waals surface area contributed by atoms with Gasteiger partial charge < -0.3 is 10.5 Å². The molecule has 0 unspecified atom stereocenters. The van der Waals surface area contributed by atoms with E-state index in [2.05, 4.69) is 0 Å². The first-order valence-electron chi connectivity index (χ1n) is 5.99. The molecular formula is C15H15ClFNO. The summed E-state index contributed by atoms with van der Waals surface area (Å²) in [6.45, 7) is 3.91. The van der Waals surface area contributed by atoms with Crippen molar-refractivity contribution in [3.05, 3.63) is 47.2 Å². The third-order valence-electron chi connectivity index (χ3n) is 2.63. The first kappa shape index (κ1) is 13.7. The Morgan fingerprint density at radius 1 is 1.16 bits per heavy atom. The van der Waals surface area contributed by atoms with E-state index >= 15 is 0 Å². The first-order valence-corrected chi connectivity index (χ1v) is 6.37. The lowest BCUT2D eigenvalue weighted by Gasteiger charge is -2.11. The van der Waals surface area contributed by atoms with Crippen LogP contribution in [0.3, 0.4) is 0 Å². The van der Waals surface area contributed by atoms with Crippen molar-refractivity contribution in [1.29, 1.82) is 0 Å². The van der Waals surface area contributed by atoms with Gasteiger partial charge in [0.1, 0.15) is 11.6 Å². The van der Waals surface area contributed by atoms with Gasteiger partial charge in [-0.25, -0.2) is 4.39 Å². The largest absolute Gasteiger partial charge is 0.491 e. The van der Waals surface area contributed by atoms with Crippen LogP contribution < -0.4 is 10.5 Å². The summed E-state index contributed by atoms with van der Waals surface area (Å²) >= 11 is 5.88. The summed E-state index contributed by atoms with van der Waals surface area (Å²) in [5.41, 5.74) is 7.63. The number of rotatable bonds is 3. The summed E-state index contributed by atoms with van der Waals surface area (Å²) in [5, 5.41) is 0.220. The fraction of sp³-hybridized carbons (Fsp3) is 0.200. The molecule has 0 bridgehead atoms. The topological polar surface area (TPSA) is 35.2 Å². The van der Waals surface area contributed by atoms with E-state index in [9.17, 15) is 4.39 Å². The van der Waals surface area contributed by atoms with E-state index in [1.807, 2.05) is 38.1 Å². The Morgan fingerprint density at radius 2 is 1.79 bits per heavy atom. The predicted molar refractivity (Wildman–Crippen MR) is 77.0 cm³/mol. The van der Waals surface area contributed by atoms with Gasteiger partial charge in [-0.1, -0.05) is 23.7 Å². The van der Waals surface area contributed by atoms with Gasteiger partial charge >= 0.3 is 0 Å². The quantitative estimate of drug-likeness (QED) is 0.839. The molecule has 0 aliphatic carbocycles. The molecule has 2 nitrogen and oxygen atoms in total. The molecule has 0 heterocycles. The number of ether oxygens (including phenoxy) is 1. The van der Waals surface area contributed by atoms with Gasteiger partial charge in [-0.3, -0.25) is 0 Å². The minimum Gasteiger partial charge on any atom is -0.491 e. The number of hydrogen-bond donors (Lipinski definition) is 1. The summed E-state index contributed by atoms with van der Waals surface area (Å²) in [7, 11) is 0. The second-order valence-corrected chi connectivity index (χ2v) is 4.95. The molecule has 0 saturated heterocycles. The Bertz CT molecular complexity index is 581. The van der Waals surface area contributed by atoms with Crippen LogP contribution in [-0.2, 0) is 0 Å². The summed E-state index contributed by atoms with van der Waals surface area (Å²) < 4.78 is 18.9. The average molecular weight is 280 g/mol. The zero-order valence-electron chi connectivity index (χ0n) is 10.8. The van der Waals surface area contributed by atoms with Gasteiger partial charge in [0, 0.05) is 5.56 Å². The molecule has 2 aromatic rings. The molecule has 2 rings (SSSR count). The van der Waals surface area contributed by atoms with E-state index in [0.717, 1.165) is 11.3 Å². The second kappa shape index (κ2) is 5.49. The van der Waals surface area contributed by atoms with E-state index in [-0.39, 0.29) is 11.1 Å². The lowest BCUT2D eigenvalue weighted by atomic mass is 10.0. The van der Waals surface area contributed by atoms with Crippen molar-refractivity contribution < 1.29 is 9.13 Å². The molecule has 100 valence electrons. The molecule has 2 N–H and O–H groups in total. The monoisotopic (exact) mass is 279 g/mol. The standard InChI is InChI=1S/C15H15ClFNO/c1-9(2)19-12-5-3-10(4-6-12)13-7-11(17)8-14(16)15(13)18/h3-9H,18H2,1-2H3. The molecule has 0 aliphatic heterocycles.